The molecule has 1 aliphatic rings. The highest BCUT2D eigenvalue weighted by molar-refractivity contribution is 8.00. The van der Waals surface area contributed by atoms with Crippen molar-refractivity contribution in [2.45, 2.75) is 49.7 Å². The Balaban J connectivity index is 1.68. The van der Waals surface area contributed by atoms with Crippen LogP contribution in [0, 0.1) is 6.92 Å². The molecule has 120 valence electrons. The van der Waals surface area contributed by atoms with Crippen molar-refractivity contribution in [2.75, 3.05) is 5.32 Å². The van der Waals surface area contributed by atoms with Gasteiger partial charge in [0.25, 0.3) is 0 Å². The number of fused-ring (bicyclic) bond motifs is 1. The Morgan fingerprint density at radius 3 is 2.61 bits per heavy atom. The topological polar surface area (TPSA) is 29.1 Å². The summed E-state index contributed by atoms with van der Waals surface area (Å²) in [7, 11) is 0. The lowest BCUT2D eigenvalue weighted by atomic mass is 9.90. The number of benzene rings is 2. The Morgan fingerprint density at radius 2 is 1.83 bits per heavy atom. The second-order valence-electron chi connectivity index (χ2n) is 6.21. The van der Waals surface area contributed by atoms with Gasteiger partial charge in [-0.3, -0.25) is 4.79 Å². The first-order valence-corrected chi connectivity index (χ1v) is 9.16. The van der Waals surface area contributed by atoms with Crippen LogP contribution in [0.1, 0.15) is 36.5 Å². The van der Waals surface area contributed by atoms with Crippen LogP contribution < -0.4 is 5.32 Å². The number of rotatable bonds is 4. The van der Waals surface area contributed by atoms with Gasteiger partial charge in [0.1, 0.15) is 0 Å². The first kappa shape index (κ1) is 16.1. The van der Waals surface area contributed by atoms with Gasteiger partial charge in [-0.2, -0.15) is 0 Å². The van der Waals surface area contributed by atoms with Crippen LogP contribution in [0.4, 0.5) is 5.69 Å². The number of hydrogen-bond acceptors (Lipinski definition) is 2. The molecule has 1 atom stereocenters. The minimum absolute atomic E-state index is 0.0783. The lowest BCUT2D eigenvalue weighted by Gasteiger charge is -2.20. The molecule has 1 N–H and O–H groups in total. The number of carbonyl (C=O) groups excluding carboxylic acids is 1. The third-order valence-corrected chi connectivity index (χ3v) is 5.47. The normalized spacial score (nSPS) is 14.9. The highest BCUT2D eigenvalue weighted by Crippen LogP contribution is 2.29. The second kappa shape index (κ2) is 7.22. The Labute approximate surface area is 142 Å². The van der Waals surface area contributed by atoms with Crippen molar-refractivity contribution in [1.29, 1.82) is 0 Å². The summed E-state index contributed by atoms with van der Waals surface area (Å²) in [6, 6.07) is 14.6. The molecule has 0 aliphatic heterocycles. The van der Waals surface area contributed by atoms with E-state index >= 15 is 0 Å². The van der Waals surface area contributed by atoms with Gasteiger partial charge in [0.15, 0.2) is 0 Å². The third-order valence-electron chi connectivity index (χ3n) is 4.36. The number of anilines is 1. The first-order chi connectivity index (χ1) is 11.1. The number of carbonyl (C=O) groups is 1. The predicted molar refractivity (Wildman–Crippen MR) is 98.2 cm³/mol. The predicted octanol–water partition coefficient (Wildman–Crippen LogP) is 4.99. The fraction of sp³-hybridized carbons (Fsp3) is 0.350. The molecule has 0 saturated carbocycles. The molecule has 0 spiro atoms. The van der Waals surface area contributed by atoms with Crippen LogP contribution in [0.2, 0.25) is 0 Å². The quantitative estimate of drug-likeness (QED) is 0.802. The van der Waals surface area contributed by atoms with E-state index in [1.807, 2.05) is 13.0 Å². The summed E-state index contributed by atoms with van der Waals surface area (Å²) in [5.41, 5.74) is 4.97. The van der Waals surface area contributed by atoms with Gasteiger partial charge in [0.05, 0.1) is 5.25 Å². The van der Waals surface area contributed by atoms with Crippen molar-refractivity contribution in [3.8, 4) is 0 Å². The largest absolute Gasteiger partial charge is 0.325 e. The number of aryl methyl sites for hydroxylation is 2. The van der Waals surface area contributed by atoms with Gasteiger partial charge in [-0.05, 0) is 68.9 Å². The third kappa shape index (κ3) is 3.97. The van der Waals surface area contributed by atoms with E-state index in [2.05, 4.69) is 48.6 Å². The van der Waals surface area contributed by atoms with Crippen LogP contribution >= 0.6 is 11.8 Å². The fourth-order valence-corrected chi connectivity index (χ4v) is 3.87. The molecule has 2 nitrogen and oxygen atoms in total. The molecule has 0 radical (unpaired) electrons. The molecule has 1 aliphatic carbocycles. The minimum Gasteiger partial charge on any atom is -0.325 e. The average molecular weight is 325 g/mol. The molecule has 0 unspecified atom stereocenters. The van der Waals surface area contributed by atoms with Gasteiger partial charge in [0, 0.05) is 10.6 Å². The van der Waals surface area contributed by atoms with Crippen molar-refractivity contribution < 1.29 is 4.79 Å². The van der Waals surface area contributed by atoms with E-state index in [0.29, 0.717) is 0 Å². The Kier molecular flexibility index (Phi) is 5.06. The van der Waals surface area contributed by atoms with Crippen molar-refractivity contribution >= 4 is 23.4 Å². The van der Waals surface area contributed by atoms with Gasteiger partial charge in [-0.1, -0.05) is 29.8 Å². The SMILES string of the molecule is Cc1ccc(S[C@H](C)C(=O)Nc2cccc3c2CCCC3)cc1. The molecule has 0 fully saturated rings. The number of hydrogen-bond donors (Lipinski definition) is 1. The maximum absolute atomic E-state index is 12.5. The molecular formula is C20H23NOS. The van der Waals surface area contributed by atoms with Gasteiger partial charge >= 0.3 is 0 Å². The summed E-state index contributed by atoms with van der Waals surface area (Å²) in [5.74, 6) is 0.0783. The number of nitrogens with one attached hydrogen (secondary N) is 1. The number of amides is 1. The molecule has 3 heteroatoms. The summed E-state index contributed by atoms with van der Waals surface area (Å²) in [4.78, 5) is 13.7. The summed E-state index contributed by atoms with van der Waals surface area (Å²) in [6.45, 7) is 4.04. The molecule has 2 aromatic carbocycles. The van der Waals surface area contributed by atoms with Crippen LogP contribution in [-0.4, -0.2) is 11.2 Å². The summed E-state index contributed by atoms with van der Waals surface area (Å²) < 4.78 is 0. The van der Waals surface area contributed by atoms with Crippen LogP contribution in [0.3, 0.4) is 0 Å². The molecule has 2 aromatic rings. The summed E-state index contributed by atoms with van der Waals surface area (Å²) in [6.07, 6.45) is 4.68. The Morgan fingerprint density at radius 1 is 1.09 bits per heavy atom. The van der Waals surface area contributed by atoms with Gasteiger partial charge < -0.3 is 5.32 Å². The van der Waals surface area contributed by atoms with E-state index < -0.39 is 0 Å². The highest BCUT2D eigenvalue weighted by atomic mass is 32.2. The molecule has 0 bridgehead atoms. The van der Waals surface area contributed by atoms with E-state index in [1.165, 1.54) is 29.5 Å². The lowest BCUT2D eigenvalue weighted by Crippen LogP contribution is -2.23. The van der Waals surface area contributed by atoms with Gasteiger partial charge in [0.2, 0.25) is 5.91 Å². The zero-order valence-corrected chi connectivity index (χ0v) is 14.6. The Hall–Kier alpha value is -1.74. The summed E-state index contributed by atoms with van der Waals surface area (Å²) in [5, 5.41) is 3.03. The zero-order chi connectivity index (χ0) is 16.2. The van der Waals surface area contributed by atoms with Crippen LogP contribution in [0.5, 0.6) is 0 Å². The van der Waals surface area contributed by atoms with Gasteiger partial charge in [-0.25, -0.2) is 0 Å². The van der Waals surface area contributed by atoms with E-state index in [9.17, 15) is 4.79 Å². The molecular weight excluding hydrogens is 302 g/mol. The van der Waals surface area contributed by atoms with Crippen molar-refractivity contribution in [3.63, 3.8) is 0 Å². The number of thioether (sulfide) groups is 1. The molecule has 0 heterocycles. The Bertz CT molecular complexity index is 693. The molecule has 0 saturated heterocycles. The zero-order valence-electron chi connectivity index (χ0n) is 13.8. The van der Waals surface area contributed by atoms with Crippen LogP contribution in [-0.2, 0) is 17.6 Å². The maximum atomic E-state index is 12.5. The molecule has 23 heavy (non-hydrogen) atoms. The van der Waals surface area contributed by atoms with Gasteiger partial charge in [-0.15, -0.1) is 11.8 Å². The van der Waals surface area contributed by atoms with Crippen LogP contribution in [0.25, 0.3) is 0 Å². The molecule has 0 aromatic heterocycles. The van der Waals surface area contributed by atoms with E-state index in [0.717, 1.165) is 23.4 Å². The lowest BCUT2D eigenvalue weighted by molar-refractivity contribution is -0.115. The molecule has 1 amide bonds. The van der Waals surface area contributed by atoms with Crippen molar-refractivity contribution in [2.24, 2.45) is 0 Å². The minimum atomic E-state index is -0.114. The van der Waals surface area contributed by atoms with Crippen LogP contribution in [0.15, 0.2) is 47.4 Å². The highest BCUT2D eigenvalue weighted by Gasteiger charge is 2.18. The van der Waals surface area contributed by atoms with Crippen molar-refractivity contribution in [3.05, 3.63) is 59.2 Å². The van der Waals surface area contributed by atoms with E-state index in [-0.39, 0.29) is 11.2 Å². The average Bonchev–Trinajstić information content (AvgIpc) is 2.57. The second-order valence-corrected chi connectivity index (χ2v) is 7.63. The standard InChI is InChI=1S/C20H23NOS/c1-14-10-12-17(13-11-14)23-15(2)20(22)21-19-9-5-7-16-6-3-4-8-18(16)19/h5,7,9-13,15H,3-4,6,8H2,1-2H3,(H,21,22)/t15-/m1/s1. The first-order valence-electron chi connectivity index (χ1n) is 8.28. The molecule has 3 rings (SSSR count). The fourth-order valence-electron chi connectivity index (χ4n) is 3.01. The monoisotopic (exact) mass is 325 g/mol. The maximum Gasteiger partial charge on any atom is 0.237 e. The smallest absolute Gasteiger partial charge is 0.237 e. The van der Waals surface area contributed by atoms with E-state index in [4.69, 9.17) is 0 Å². The summed E-state index contributed by atoms with van der Waals surface area (Å²) >= 11 is 1.60. The van der Waals surface area contributed by atoms with Crippen molar-refractivity contribution in [1.82, 2.24) is 0 Å². The van der Waals surface area contributed by atoms with E-state index in [1.54, 1.807) is 11.8 Å².